The number of benzene rings is 1. The molecular weight excluding hydrogens is 218 g/mol. The van der Waals surface area contributed by atoms with Gasteiger partial charge in [0.2, 0.25) is 0 Å². The van der Waals surface area contributed by atoms with E-state index in [1.165, 1.54) is 37.9 Å². The average molecular weight is 245 g/mol. The van der Waals surface area contributed by atoms with Crippen LogP contribution in [0.3, 0.4) is 0 Å². The fraction of sp³-hybridized carbons (Fsp3) is 0.647. The summed E-state index contributed by atoms with van der Waals surface area (Å²) in [6, 6.07) is 7.11. The molecule has 1 atom stereocenters. The first kappa shape index (κ1) is 13.6. The van der Waals surface area contributed by atoms with Crippen LogP contribution < -0.4 is 5.32 Å². The number of nitrogens with one attached hydrogen (secondary N) is 1. The van der Waals surface area contributed by atoms with Crippen molar-refractivity contribution in [1.82, 2.24) is 5.32 Å². The second kappa shape index (κ2) is 6.38. The van der Waals surface area contributed by atoms with Gasteiger partial charge in [0.1, 0.15) is 0 Å². The van der Waals surface area contributed by atoms with Crippen molar-refractivity contribution in [3.63, 3.8) is 0 Å². The van der Waals surface area contributed by atoms with Crippen LogP contribution in [0.4, 0.5) is 0 Å². The number of hydrogen-bond donors (Lipinski definition) is 1. The van der Waals surface area contributed by atoms with E-state index in [4.69, 9.17) is 0 Å². The predicted octanol–water partition coefficient (Wildman–Crippen LogP) is 3.91. The number of hydrogen-bond acceptors (Lipinski definition) is 1. The van der Waals surface area contributed by atoms with Crippen LogP contribution >= 0.6 is 0 Å². The fourth-order valence-corrected chi connectivity index (χ4v) is 3.03. The van der Waals surface area contributed by atoms with E-state index in [1.807, 2.05) is 0 Å². The van der Waals surface area contributed by atoms with E-state index in [0.29, 0.717) is 5.92 Å². The zero-order valence-electron chi connectivity index (χ0n) is 12.1. The molecule has 1 aliphatic heterocycles. The molecule has 1 aromatic rings. The van der Waals surface area contributed by atoms with Gasteiger partial charge in [-0.05, 0) is 67.3 Å². The van der Waals surface area contributed by atoms with Crippen molar-refractivity contribution in [3.05, 3.63) is 34.9 Å². The molecule has 1 aliphatic rings. The molecule has 2 rings (SSSR count). The molecule has 0 bridgehead atoms. The molecule has 1 saturated heterocycles. The minimum absolute atomic E-state index is 0.641. The van der Waals surface area contributed by atoms with E-state index in [1.54, 1.807) is 11.1 Å². The summed E-state index contributed by atoms with van der Waals surface area (Å²) in [6.45, 7) is 9.28. The third kappa shape index (κ3) is 3.35. The van der Waals surface area contributed by atoms with Gasteiger partial charge in [-0.25, -0.2) is 0 Å². The maximum absolute atomic E-state index is 3.53. The molecule has 1 aromatic carbocycles. The van der Waals surface area contributed by atoms with Gasteiger partial charge < -0.3 is 5.32 Å². The molecule has 1 heterocycles. The molecule has 0 radical (unpaired) electrons. The lowest BCUT2D eigenvalue weighted by Gasteiger charge is -2.24. The van der Waals surface area contributed by atoms with Crippen molar-refractivity contribution in [2.75, 3.05) is 13.1 Å². The fourth-order valence-electron chi connectivity index (χ4n) is 3.03. The molecule has 1 nitrogen and oxygen atoms in total. The minimum Gasteiger partial charge on any atom is -0.316 e. The van der Waals surface area contributed by atoms with Crippen LogP contribution in [0.15, 0.2) is 18.2 Å². The van der Waals surface area contributed by atoms with Crippen LogP contribution in [0.5, 0.6) is 0 Å². The normalized spacial score (nSPS) is 20.3. The minimum atomic E-state index is 0.641. The Morgan fingerprint density at radius 3 is 2.78 bits per heavy atom. The summed E-state index contributed by atoms with van der Waals surface area (Å²) >= 11 is 0. The Morgan fingerprint density at radius 1 is 1.33 bits per heavy atom. The molecule has 0 spiro atoms. The molecule has 0 saturated carbocycles. The van der Waals surface area contributed by atoms with E-state index in [2.05, 4.69) is 44.3 Å². The van der Waals surface area contributed by atoms with Gasteiger partial charge >= 0.3 is 0 Å². The molecule has 0 amide bonds. The molecule has 0 aliphatic carbocycles. The summed E-state index contributed by atoms with van der Waals surface area (Å²) in [5.41, 5.74) is 4.63. The van der Waals surface area contributed by atoms with E-state index in [0.717, 1.165) is 12.3 Å². The zero-order valence-corrected chi connectivity index (χ0v) is 12.1. The van der Waals surface area contributed by atoms with Crippen LogP contribution in [0.1, 0.15) is 56.2 Å². The summed E-state index contributed by atoms with van der Waals surface area (Å²) in [4.78, 5) is 0. The highest BCUT2D eigenvalue weighted by Crippen LogP contribution is 2.25. The van der Waals surface area contributed by atoms with Crippen molar-refractivity contribution in [1.29, 1.82) is 0 Å². The first-order chi connectivity index (χ1) is 8.70. The van der Waals surface area contributed by atoms with E-state index in [-0.39, 0.29) is 0 Å². The Balaban J connectivity index is 2.17. The van der Waals surface area contributed by atoms with Gasteiger partial charge in [0, 0.05) is 0 Å². The highest BCUT2D eigenvalue weighted by molar-refractivity contribution is 5.34. The van der Waals surface area contributed by atoms with Crippen molar-refractivity contribution in [3.8, 4) is 0 Å². The van der Waals surface area contributed by atoms with E-state index >= 15 is 0 Å². The summed E-state index contributed by atoms with van der Waals surface area (Å²) in [5, 5.41) is 3.53. The molecule has 18 heavy (non-hydrogen) atoms. The average Bonchev–Trinajstić information content (AvgIpc) is 2.39. The van der Waals surface area contributed by atoms with Gasteiger partial charge in [-0.2, -0.15) is 0 Å². The third-order valence-electron chi connectivity index (χ3n) is 4.15. The van der Waals surface area contributed by atoms with E-state index in [9.17, 15) is 0 Å². The summed E-state index contributed by atoms with van der Waals surface area (Å²) in [6.07, 6.45) is 5.14. The molecule has 0 aromatic heterocycles. The SMILES string of the molecule is CCc1ccc(C(C)C)c(CC2CCCNC2)c1. The molecule has 1 N–H and O–H groups in total. The lowest BCUT2D eigenvalue weighted by Crippen LogP contribution is -2.31. The molecule has 1 fully saturated rings. The Hall–Kier alpha value is -0.820. The maximum atomic E-state index is 3.53. The van der Waals surface area contributed by atoms with E-state index < -0.39 is 0 Å². The second-order valence-corrected chi connectivity index (χ2v) is 5.96. The standard InChI is InChI=1S/C17H27N/c1-4-14-7-8-17(13(2)3)16(10-14)11-15-6-5-9-18-12-15/h7-8,10,13,15,18H,4-6,9,11-12H2,1-3H3. The van der Waals surface area contributed by atoms with Crippen LogP contribution in [0, 0.1) is 5.92 Å². The smallest absolute Gasteiger partial charge is 0.00173 e. The van der Waals surface area contributed by atoms with Gasteiger partial charge in [-0.15, -0.1) is 0 Å². The van der Waals surface area contributed by atoms with Crippen LogP contribution in [0.25, 0.3) is 0 Å². The number of piperidine rings is 1. The Morgan fingerprint density at radius 2 is 2.17 bits per heavy atom. The van der Waals surface area contributed by atoms with Gasteiger partial charge in [-0.1, -0.05) is 39.0 Å². The topological polar surface area (TPSA) is 12.0 Å². The largest absolute Gasteiger partial charge is 0.316 e. The quantitative estimate of drug-likeness (QED) is 0.848. The summed E-state index contributed by atoms with van der Waals surface area (Å²) < 4.78 is 0. The van der Waals surface area contributed by atoms with Crippen molar-refractivity contribution in [2.24, 2.45) is 5.92 Å². The van der Waals surface area contributed by atoms with Crippen LogP contribution in [-0.4, -0.2) is 13.1 Å². The van der Waals surface area contributed by atoms with Gasteiger partial charge in [0.25, 0.3) is 0 Å². The van der Waals surface area contributed by atoms with Crippen LogP contribution in [0.2, 0.25) is 0 Å². The predicted molar refractivity (Wildman–Crippen MR) is 79.2 cm³/mol. The maximum Gasteiger partial charge on any atom is -0.00173 e. The first-order valence-electron chi connectivity index (χ1n) is 7.53. The van der Waals surface area contributed by atoms with Crippen LogP contribution in [-0.2, 0) is 12.8 Å². The lowest BCUT2D eigenvalue weighted by atomic mass is 9.86. The van der Waals surface area contributed by atoms with Gasteiger partial charge in [-0.3, -0.25) is 0 Å². The zero-order chi connectivity index (χ0) is 13.0. The molecule has 100 valence electrons. The van der Waals surface area contributed by atoms with Crippen molar-refractivity contribution < 1.29 is 0 Å². The first-order valence-corrected chi connectivity index (χ1v) is 7.53. The van der Waals surface area contributed by atoms with Crippen molar-refractivity contribution >= 4 is 0 Å². The Kier molecular flexibility index (Phi) is 4.82. The summed E-state index contributed by atoms with van der Waals surface area (Å²) in [5.74, 6) is 1.48. The van der Waals surface area contributed by atoms with Gasteiger partial charge in [0.15, 0.2) is 0 Å². The summed E-state index contributed by atoms with van der Waals surface area (Å²) in [7, 11) is 0. The Labute approximate surface area is 112 Å². The Bertz CT molecular complexity index is 375. The lowest BCUT2D eigenvalue weighted by molar-refractivity contribution is 0.375. The highest BCUT2D eigenvalue weighted by atomic mass is 14.9. The monoisotopic (exact) mass is 245 g/mol. The number of aryl methyl sites for hydroxylation is 1. The third-order valence-corrected chi connectivity index (χ3v) is 4.15. The molecule has 1 heteroatoms. The number of rotatable bonds is 4. The van der Waals surface area contributed by atoms with Crippen molar-refractivity contribution in [2.45, 2.75) is 52.4 Å². The molecular formula is C17H27N. The molecule has 1 unspecified atom stereocenters. The van der Waals surface area contributed by atoms with Gasteiger partial charge in [0.05, 0.1) is 0 Å². The second-order valence-electron chi connectivity index (χ2n) is 5.96. The highest BCUT2D eigenvalue weighted by Gasteiger charge is 2.16.